The highest BCUT2D eigenvalue weighted by molar-refractivity contribution is 7.13. The maximum Gasteiger partial charge on any atom is 0.271 e. The number of nitrogens with two attached hydrogens (primary N) is 2. The Bertz CT molecular complexity index is 402. The van der Waals surface area contributed by atoms with E-state index < -0.39 is 17.9 Å². The van der Waals surface area contributed by atoms with E-state index in [4.69, 9.17) is 11.5 Å². The molecule has 1 rings (SSSR count). The molecule has 0 radical (unpaired) electrons. The minimum absolute atomic E-state index is 0.0718. The molecule has 1 heterocycles. The molecule has 0 saturated heterocycles. The number of hydrogen-bond acceptors (Lipinski definition) is 5. The van der Waals surface area contributed by atoms with Gasteiger partial charge < -0.3 is 16.8 Å². The van der Waals surface area contributed by atoms with Crippen molar-refractivity contribution < 1.29 is 9.59 Å². The maximum atomic E-state index is 11.6. The topological polar surface area (TPSA) is 111 Å². The first-order valence-electron chi connectivity index (χ1n) is 4.73. The normalized spacial score (nSPS) is 12.4. The van der Waals surface area contributed by atoms with Crippen molar-refractivity contribution in [2.24, 2.45) is 11.7 Å². The van der Waals surface area contributed by atoms with Gasteiger partial charge >= 0.3 is 0 Å². The summed E-state index contributed by atoms with van der Waals surface area (Å²) in [6.45, 7) is 3.59. The summed E-state index contributed by atoms with van der Waals surface area (Å²) in [5.74, 6) is -1.07. The van der Waals surface area contributed by atoms with Crippen LogP contribution in [0.3, 0.4) is 0 Å². The molecule has 0 spiro atoms. The van der Waals surface area contributed by atoms with Gasteiger partial charge in [-0.2, -0.15) is 0 Å². The van der Waals surface area contributed by atoms with E-state index in [1.165, 1.54) is 16.7 Å². The monoisotopic (exact) mass is 242 g/mol. The molecule has 0 bridgehead atoms. The van der Waals surface area contributed by atoms with Gasteiger partial charge in [0.05, 0.1) is 0 Å². The number of primary amides is 1. The van der Waals surface area contributed by atoms with Crippen molar-refractivity contribution >= 4 is 28.3 Å². The molecule has 7 heteroatoms. The van der Waals surface area contributed by atoms with Crippen molar-refractivity contribution in [2.45, 2.75) is 19.9 Å². The largest absolute Gasteiger partial charge is 0.375 e. The van der Waals surface area contributed by atoms with Crippen molar-refractivity contribution in [3.63, 3.8) is 0 Å². The minimum Gasteiger partial charge on any atom is -0.375 e. The standard InChI is InChI=1S/C9H14N4O2S/c1-4(2)6(7(10)14)13-8(15)5-3-16-9(11)12-5/h3-4,6H,1-2H3,(H2,10,14)(H2,11,12)(H,13,15). The SMILES string of the molecule is CC(C)C(NC(=O)c1csc(N)n1)C(N)=O. The molecule has 0 aliphatic carbocycles. The molecule has 5 N–H and O–H groups in total. The van der Waals surface area contributed by atoms with E-state index in [9.17, 15) is 9.59 Å². The molecular weight excluding hydrogens is 228 g/mol. The average molecular weight is 242 g/mol. The Morgan fingerprint density at radius 2 is 2.12 bits per heavy atom. The van der Waals surface area contributed by atoms with Crippen LogP contribution in [0.25, 0.3) is 0 Å². The quantitative estimate of drug-likeness (QED) is 0.688. The summed E-state index contributed by atoms with van der Waals surface area (Å²) in [4.78, 5) is 26.5. The number of aromatic nitrogens is 1. The van der Waals surface area contributed by atoms with Crippen molar-refractivity contribution in [2.75, 3.05) is 5.73 Å². The number of rotatable bonds is 4. The molecular formula is C9H14N4O2S. The second kappa shape index (κ2) is 4.93. The first-order chi connectivity index (χ1) is 7.41. The lowest BCUT2D eigenvalue weighted by molar-refractivity contribution is -0.120. The average Bonchev–Trinajstić information content (AvgIpc) is 2.59. The Labute approximate surface area is 97.0 Å². The lowest BCUT2D eigenvalue weighted by Gasteiger charge is -2.17. The number of carbonyl (C=O) groups excluding carboxylic acids is 2. The number of nitrogens with one attached hydrogen (secondary N) is 1. The summed E-state index contributed by atoms with van der Waals surface area (Å²) < 4.78 is 0. The predicted molar refractivity (Wildman–Crippen MR) is 61.8 cm³/mol. The van der Waals surface area contributed by atoms with E-state index in [-0.39, 0.29) is 11.6 Å². The zero-order valence-electron chi connectivity index (χ0n) is 9.06. The molecule has 1 unspecified atom stereocenters. The predicted octanol–water partition coefficient (Wildman–Crippen LogP) is -0.0350. The van der Waals surface area contributed by atoms with Crippen LogP contribution in [0, 0.1) is 5.92 Å². The van der Waals surface area contributed by atoms with Crippen LogP contribution in [0.5, 0.6) is 0 Å². The zero-order valence-corrected chi connectivity index (χ0v) is 9.88. The van der Waals surface area contributed by atoms with Crippen LogP contribution in [-0.4, -0.2) is 22.8 Å². The Morgan fingerprint density at radius 1 is 1.50 bits per heavy atom. The molecule has 0 saturated carbocycles. The van der Waals surface area contributed by atoms with E-state index in [0.717, 1.165) is 0 Å². The molecule has 0 aliphatic heterocycles. The van der Waals surface area contributed by atoms with Gasteiger partial charge in [0.1, 0.15) is 11.7 Å². The molecule has 1 aromatic rings. The van der Waals surface area contributed by atoms with Gasteiger partial charge in [0.25, 0.3) is 5.91 Å². The Balaban J connectivity index is 2.73. The van der Waals surface area contributed by atoms with Gasteiger partial charge in [0.15, 0.2) is 5.13 Å². The zero-order chi connectivity index (χ0) is 12.3. The van der Waals surface area contributed by atoms with Crippen LogP contribution in [0.4, 0.5) is 5.13 Å². The molecule has 0 fully saturated rings. The summed E-state index contributed by atoms with van der Waals surface area (Å²) in [5.41, 5.74) is 10.8. The Hall–Kier alpha value is -1.63. The highest BCUT2D eigenvalue weighted by Gasteiger charge is 2.23. The number of thiazole rings is 1. The van der Waals surface area contributed by atoms with Crippen LogP contribution >= 0.6 is 11.3 Å². The highest BCUT2D eigenvalue weighted by Crippen LogP contribution is 2.11. The second-order valence-corrected chi connectivity index (χ2v) is 4.56. The number of amides is 2. The fourth-order valence-corrected chi connectivity index (χ4v) is 1.72. The molecule has 1 atom stereocenters. The van der Waals surface area contributed by atoms with Crippen molar-refractivity contribution in [1.82, 2.24) is 10.3 Å². The molecule has 88 valence electrons. The molecule has 2 amide bonds. The van der Waals surface area contributed by atoms with Crippen LogP contribution in [0.2, 0.25) is 0 Å². The third-order valence-electron chi connectivity index (χ3n) is 2.01. The van der Waals surface area contributed by atoms with Gasteiger partial charge in [-0.05, 0) is 5.92 Å². The third-order valence-corrected chi connectivity index (χ3v) is 2.69. The van der Waals surface area contributed by atoms with Gasteiger partial charge in [0, 0.05) is 5.38 Å². The molecule has 16 heavy (non-hydrogen) atoms. The maximum absolute atomic E-state index is 11.6. The van der Waals surface area contributed by atoms with Gasteiger partial charge in [-0.15, -0.1) is 11.3 Å². The third kappa shape index (κ3) is 2.93. The van der Waals surface area contributed by atoms with Crippen LogP contribution in [0.1, 0.15) is 24.3 Å². The first-order valence-corrected chi connectivity index (χ1v) is 5.61. The number of nitrogens with zero attached hydrogens (tertiary/aromatic N) is 1. The van der Waals surface area contributed by atoms with Gasteiger partial charge in [0.2, 0.25) is 5.91 Å². The van der Waals surface area contributed by atoms with E-state index in [0.29, 0.717) is 5.13 Å². The summed E-state index contributed by atoms with van der Waals surface area (Å²) in [5, 5.41) is 4.36. The molecule has 0 aliphatic rings. The molecule has 6 nitrogen and oxygen atoms in total. The number of carbonyl (C=O) groups is 2. The van der Waals surface area contributed by atoms with Crippen molar-refractivity contribution in [1.29, 1.82) is 0 Å². The van der Waals surface area contributed by atoms with Crippen LogP contribution in [-0.2, 0) is 4.79 Å². The summed E-state index contributed by atoms with van der Waals surface area (Å²) in [7, 11) is 0. The van der Waals surface area contributed by atoms with Gasteiger partial charge in [-0.1, -0.05) is 13.8 Å². The van der Waals surface area contributed by atoms with E-state index in [2.05, 4.69) is 10.3 Å². The van der Waals surface area contributed by atoms with Gasteiger partial charge in [-0.3, -0.25) is 9.59 Å². The van der Waals surface area contributed by atoms with E-state index >= 15 is 0 Å². The lowest BCUT2D eigenvalue weighted by atomic mass is 10.0. The van der Waals surface area contributed by atoms with E-state index in [1.807, 2.05) is 0 Å². The summed E-state index contributed by atoms with van der Waals surface area (Å²) in [6.07, 6.45) is 0. The number of anilines is 1. The summed E-state index contributed by atoms with van der Waals surface area (Å²) in [6, 6.07) is -0.699. The Morgan fingerprint density at radius 3 is 2.50 bits per heavy atom. The highest BCUT2D eigenvalue weighted by atomic mass is 32.1. The molecule has 0 aromatic carbocycles. The smallest absolute Gasteiger partial charge is 0.271 e. The summed E-state index contributed by atoms with van der Waals surface area (Å²) >= 11 is 1.17. The first kappa shape index (κ1) is 12.4. The fraction of sp³-hybridized carbons (Fsp3) is 0.444. The Kier molecular flexibility index (Phi) is 3.83. The second-order valence-electron chi connectivity index (χ2n) is 3.67. The lowest BCUT2D eigenvalue weighted by Crippen LogP contribution is -2.47. The van der Waals surface area contributed by atoms with Crippen molar-refractivity contribution in [3.05, 3.63) is 11.1 Å². The minimum atomic E-state index is -0.699. The fourth-order valence-electron chi connectivity index (χ4n) is 1.17. The number of nitrogen functional groups attached to an aromatic ring is 1. The van der Waals surface area contributed by atoms with E-state index in [1.54, 1.807) is 13.8 Å². The number of hydrogen-bond donors (Lipinski definition) is 3. The molecule has 1 aromatic heterocycles. The van der Waals surface area contributed by atoms with Gasteiger partial charge in [-0.25, -0.2) is 4.98 Å². The van der Waals surface area contributed by atoms with Crippen LogP contribution in [0.15, 0.2) is 5.38 Å². The van der Waals surface area contributed by atoms with Crippen LogP contribution < -0.4 is 16.8 Å². The van der Waals surface area contributed by atoms with Crippen molar-refractivity contribution in [3.8, 4) is 0 Å².